The van der Waals surface area contributed by atoms with Crippen LogP contribution < -0.4 is 10.9 Å². The molecule has 1 aliphatic rings. The Kier molecular flexibility index (Phi) is 4.40. The number of imidazole rings is 1. The Balaban J connectivity index is 1.83. The van der Waals surface area contributed by atoms with Crippen LogP contribution in [0.25, 0.3) is 11.2 Å². The standard InChI is InChI=1S/C17H19N5O5/c1-8-2-4-9(5-3-8)20-17-21-11-14(18-7-19-15(11)26)22(17)16-13(25)12(24)10(6-23)27-16/h2-5,7,10,12-13,16,23-25H,6H2,1H3,(H,20,21)(H,18,19,26)/t10-,12+,13+,16+/m0/s1. The number of H-pyrrole nitrogens is 1. The van der Waals surface area contributed by atoms with E-state index in [1.165, 1.54) is 10.9 Å². The molecule has 3 heterocycles. The van der Waals surface area contributed by atoms with Crippen LogP contribution in [0, 0.1) is 6.92 Å². The van der Waals surface area contributed by atoms with Crippen molar-refractivity contribution in [2.24, 2.45) is 0 Å². The fourth-order valence-corrected chi connectivity index (χ4v) is 3.11. The third-order valence-electron chi connectivity index (χ3n) is 4.56. The lowest BCUT2D eigenvalue weighted by atomic mass is 10.1. The number of aliphatic hydroxyl groups is 3. The monoisotopic (exact) mass is 373 g/mol. The number of hydrogen-bond acceptors (Lipinski definition) is 8. The average molecular weight is 373 g/mol. The van der Waals surface area contributed by atoms with Crippen LogP contribution in [0.1, 0.15) is 11.8 Å². The molecule has 142 valence electrons. The zero-order valence-corrected chi connectivity index (χ0v) is 14.4. The number of benzene rings is 1. The SMILES string of the molecule is Cc1ccc(Nc2nc3c(=O)[nH]cnc3n2[C@@H]2O[C@@H](CO)[C@@H](O)[C@H]2O)cc1. The van der Waals surface area contributed by atoms with Crippen molar-refractivity contribution in [2.75, 3.05) is 11.9 Å². The van der Waals surface area contributed by atoms with Gasteiger partial charge in [0.05, 0.1) is 12.9 Å². The zero-order valence-electron chi connectivity index (χ0n) is 14.4. The highest BCUT2D eigenvalue weighted by Gasteiger charge is 2.45. The van der Waals surface area contributed by atoms with E-state index in [2.05, 4.69) is 20.3 Å². The molecule has 0 spiro atoms. The Hall–Kier alpha value is -2.79. The number of anilines is 2. The van der Waals surface area contributed by atoms with Crippen LogP contribution in [0.3, 0.4) is 0 Å². The van der Waals surface area contributed by atoms with Gasteiger partial charge in [-0.2, -0.15) is 0 Å². The first-order chi connectivity index (χ1) is 13.0. The lowest BCUT2D eigenvalue weighted by Gasteiger charge is -2.19. The van der Waals surface area contributed by atoms with Gasteiger partial charge in [0.1, 0.15) is 18.3 Å². The van der Waals surface area contributed by atoms with Gasteiger partial charge in [-0.1, -0.05) is 17.7 Å². The lowest BCUT2D eigenvalue weighted by molar-refractivity contribution is -0.0501. The molecular weight excluding hydrogens is 354 g/mol. The normalized spacial score (nSPS) is 25.2. The van der Waals surface area contributed by atoms with Crippen molar-refractivity contribution in [1.29, 1.82) is 0 Å². The number of ether oxygens (including phenoxy) is 1. The van der Waals surface area contributed by atoms with E-state index < -0.39 is 36.7 Å². The highest BCUT2D eigenvalue weighted by atomic mass is 16.6. The van der Waals surface area contributed by atoms with E-state index in [-0.39, 0.29) is 17.1 Å². The molecule has 3 aromatic rings. The molecule has 0 radical (unpaired) electrons. The zero-order chi connectivity index (χ0) is 19.1. The first-order valence-electron chi connectivity index (χ1n) is 8.41. The van der Waals surface area contributed by atoms with E-state index in [0.717, 1.165) is 5.56 Å². The molecular formula is C17H19N5O5. The summed E-state index contributed by atoms with van der Waals surface area (Å²) in [5.41, 5.74) is 1.58. The van der Waals surface area contributed by atoms with Gasteiger partial charge in [0, 0.05) is 5.69 Å². The minimum absolute atomic E-state index is 0.0600. The maximum Gasteiger partial charge on any atom is 0.278 e. The molecule has 10 heteroatoms. The van der Waals surface area contributed by atoms with Crippen molar-refractivity contribution in [3.8, 4) is 0 Å². The molecule has 0 amide bonds. The summed E-state index contributed by atoms with van der Waals surface area (Å²) in [5, 5.41) is 32.9. The van der Waals surface area contributed by atoms with Crippen molar-refractivity contribution in [1.82, 2.24) is 19.5 Å². The third-order valence-corrected chi connectivity index (χ3v) is 4.56. The van der Waals surface area contributed by atoms with Crippen molar-refractivity contribution in [2.45, 2.75) is 31.5 Å². The Morgan fingerprint density at radius 1 is 1.26 bits per heavy atom. The van der Waals surface area contributed by atoms with Crippen molar-refractivity contribution >= 4 is 22.8 Å². The minimum Gasteiger partial charge on any atom is -0.394 e. The fourth-order valence-electron chi connectivity index (χ4n) is 3.11. The molecule has 0 unspecified atom stereocenters. The maximum absolute atomic E-state index is 12.1. The van der Waals surface area contributed by atoms with E-state index >= 15 is 0 Å². The summed E-state index contributed by atoms with van der Waals surface area (Å²) < 4.78 is 7.02. The van der Waals surface area contributed by atoms with Gasteiger partial charge in [-0.05, 0) is 19.1 Å². The Morgan fingerprint density at radius 2 is 2.00 bits per heavy atom. The Labute approximate surface area is 153 Å². The van der Waals surface area contributed by atoms with E-state index in [1.807, 2.05) is 31.2 Å². The minimum atomic E-state index is -1.33. The van der Waals surface area contributed by atoms with E-state index in [1.54, 1.807) is 0 Å². The topological polar surface area (TPSA) is 146 Å². The van der Waals surface area contributed by atoms with Crippen LogP contribution in [0.2, 0.25) is 0 Å². The second-order valence-electron chi connectivity index (χ2n) is 6.43. The molecule has 0 aliphatic carbocycles. The van der Waals surface area contributed by atoms with E-state index in [0.29, 0.717) is 5.69 Å². The number of aromatic amines is 1. The molecule has 2 aromatic heterocycles. The summed E-state index contributed by atoms with van der Waals surface area (Å²) in [7, 11) is 0. The van der Waals surface area contributed by atoms with Crippen LogP contribution in [0.15, 0.2) is 35.4 Å². The summed E-state index contributed by atoms with van der Waals surface area (Å²) in [6.45, 7) is 1.50. The van der Waals surface area contributed by atoms with Gasteiger partial charge in [-0.3, -0.25) is 9.36 Å². The van der Waals surface area contributed by atoms with Crippen LogP contribution in [0.5, 0.6) is 0 Å². The smallest absolute Gasteiger partial charge is 0.278 e. The number of rotatable bonds is 4. The maximum atomic E-state index is 12.1. The van der Waals surface area contributed by atoms with Crippen LogP contribution >= 0.6 is 0 Å². The molecule has 27 heavy (non-hydrogen) atoms. The first kappa shape index (κ1) is 17.6. The molecule has 0 bridgehead atoms. The first-order valence-corrected chi connectivity index (χ1v) is 8.41. The van der Waals surface area contributed by atoms with Gasteiger partial charge < -0.3 is 30.4 Å². The van der Waals surface area contributed by atoms with Gasteiger partial charge in [-0.15, -0.1) is 0 Å². The number of aromatic nitrogens is 4. The molecule has 5 N–H and O–H groups in total. The number of hydrogen-bond donors (Lipinski definition) is 5. The summed E-state index contributed by atoms with van der Waals surface area (Å²) in [4.78, 5) is 23.0. The van der Waals surface area contributed by atoms with Gasteiger partial charge in [0.2, 0.25) is 5.95 Å². The average Bonchev–Trinajstić information content (AvgIpc) is 3.16. The van der Waals surface area contributed by atoms with Crippen molar-refractivity contribution in [3.63, 3.8) is 0 Å². The molecule has 4 atom stereocenters. The van der Waals surface area contributed by atoms with E-state index in [9.17, 15) is 20.1 Å². The largest absolute Gasteiger partial charge is 0.394 e. The highest BCUT2D eigenvalue weighted by molar-refractivity contribution is 5.75. The quantitative estimate of drug-likeness (QED) is 0.422. The number of aliphatic hydroxyl groups excluding tert-OH is 3. The summed E-state index contributed by atoms with van der Waals surface area (Å²) >= 11 is 0. The lowest BCUT2D eigenvalue weighted by Crippen LogP contribution is -2.33. The number of nitrogens with zero attached hydrogens (tertiary/aromatic N) is 3. The number of nitrogens with one attached hydrogen (secondary N) is 2. The summed E-state index contributed by atoms with van der Waals surface area (Å²) in [6.07, 6.45) is -3.44. The van der Waals surface area contributed by atoms with Gasteiger partial charge in [0.15, 0.2) is 17.4 Å². The van der Waals surface area contributed by atoms with Crippen molar-refractivity contribution < 1.29 is 20.1 Å². The van der Waals surface area contributed by atoms with Crippen molar-refractivity contribution in [3.05, 3.63) is 46.5 Å². The predicted octanol–water partition coefficient (Wildman–Crippen LogP) is -0.217. The van der Waals surface area contributed by atoms with E-state index in [4.69, 9.17) is 4.74 Å². The second kappa shape index (κ2) is 6.74. The van der Waals surface area contributed by atoms with Gasteiger partial charge >= 0.3 is 0 Å². The number of aryl methyl sites for hydroxylation is 1. The van der Waals surface area contributed by atoms with Gasteiger partial charge in [0.25, 0.3) is 5.56 Å². The van der Waals surface area contributed by atoms with Crippen LogP contribution in [0.4, 0.5) is 11.6 Å². The van der Waals surface area contributed by atoms with Crippen LogP contribution in [-0.2, 0) is 4.74 Å². The molecule has 10 nitrogen and oxygen atoms in total. The third kappa shape index (κ3) is 2.98. The Morgan fingerprint density at radius 3 is 2.67 bits per heavy atom. The molecule has 1 saturated heterocycles. The molecule has 4 rings (SSSR count). The fraction of sp³-hybridized carbons (Fsp3) is 0.353. The second-order valence-corrected chi connectivity index (χ2v) is 6.43. The summed E-state index contributed by atoms with van der Waals surface area (Å²) in [6, 6.07) is 7.50. The van der Waals surface area contributed by atoms with Gasteiger partial charge in [-0.25, -0.2) is 9.97 Å². The van der Waals surface area contributed by atoms with Crippen LogP contribution in [-0.4, -0.2) is 59.8 Å². The molecule has 1 aliphatic heterocycles. The molecule has 1 aromatic carbocycles. The number of fused-ring (bicyclic) bond motifs is 1. The highest BCUT2D eigenvalue weighted by Crippen LogP contribution is 2.34. The Bertz CT molecular complexity index is 1010. The molecule has 1 fully saturated rings. The summed E-state index contributed by atoms with van der Waals surface area (Å²) in [5.74, 6) is 0.216. The molecule has 0 saturated carbocycles. The predicted molar refractivity (Wildman–Crippen MR) is 95.6 cm³/mol.